The van der Waals surface area contributed by atoms with E-state index in [9.17, 15) is 0 Å². The van der Waals surface area contributed by atoms with Crippen LogP contribution < -0.4 is 28.4 Å². The van der Waals surface area contributed by atoms with E-state index >= 15 is 0 Å². The van der Waals surface area contributed by atoms with Crippen LogP contribution in [-0.4, -0.2) is 39.6 Å². The monoisotopic (exact) mass is 418 g/mol. The Hall–Kier alpha value is -2.76. The second-order valence-electron chi connectivity index (χ2n) is 6.11. The van der Waals surface area contributed by atoms with Gasteiger partial charge in [-0.15, -0.1) is 0 Å². The number of hydrogen-bond donors (Lipinski definition) is 0. The lowest BCUT2D eigenvalue weighted by molar-refractivity contribution is 0.232. The molecule has 0 amide bonds. The number of rotatable bonds is 13. The lowest BCUT2D eigenvalue weighted by Gasteiger charge is -2.25. The lowest BCUT2D eigenvalue weighted by Crippen LogP contribution is -2.09. The summed E-state index contributed by atoms with van der Waals surface area (Å²) in [5.74, 6) is 3.36. The Kier molecular flexibility index (Phi) is 9.45. The van der Waals surface area contributed by atoms with Gasteiger partial charge in [0.15, 0.2) is 11.5 Å². The van der Waals surface area contributed by atoms with Crippen LogP contribution in [0.2, 0.25) is 0 Å². The molecule has 0 saturated carbocycles. The normalized spacial score (nSPS) is 10.5. The van der Waals surface area contributed by atoms with Gasteiger partial charge >= 0.3 is 0 Å². The molecule has 0 spiro atoms. The smallest absolute Gasteiger partial charge is 0.211 e. The van der Waals surface area contributed by atoms with Crippen LogP contribution in [0.4, 0.5) is 0 Å². The van der Waals surface area contributed by atoms with E-state index in [-0.39, 0.29) is 0 Å². The third-order valence-corrected chi connectivity index (χ3v) is 4.18. The zero-order valence-corrected chi connectivity index (χ0v) is 19.0. The molecule has 0 aliphatic carbocycles. The fourth-order valence-corrected chi connectivity index (χ4v) is 3.23. The number of para-hydroxylation sites is 1. The van der Waals surface area contributed by atoms with Crippen LogP contribution in [0.1, 0.15) is 41.5 Å². The van der Waals surface area contributed by atoms with Crippen LogP contribution in [0.3, 0.4) is 0 Å². The van der Waals surface area contributed by atoms with Gasteiger partial charge in [0.25, 0.3) is 0 Å². The molecule has 2 rings (SSSR count). The molecule has 0 atom stereocenters. The zero-order valence-electron chi connectivity index (χ0n) is 19.0. The third-order valence-electron chi connectivity index (χ3n) is 4.18. The highest BCUT2D eigenvalue weighted by Gasteiger charge is 2.32. The Morgan fingerprint density at radius 1 is 0.467 bits per heavy atom. The summed E-state index contributed by atoms with van der Waals surface area (Å²) in [7, 11) is 0. The Bertz CT molecular complexity index is 766. The predicted molar refractivity (Wildman–Crippen MR) is 119 cm³/mol. The van der Waals surface area contributed by atoms with E-state index in [0.29, 0.717) is 68.4 Å². The van der Waals surface area contributed by atoms with Crippen LogP contribution in [0.25, 0.3) is 11.1 Å². The van der Waals surface area contributed by atoms with Crippen LogP contribution in [0, 0.1) is 0 Å². The summed E-state index contributed by atoms with van der Waals surface area (Å²) >= 11 is 0. The molecular formula is C24H34O6. The van der Waals surface area contributed by atoms with Gasteiger partial charge in [0.2, 0.25) is 17.2 Å². The fourth-order valence-electron chi connectivity index (χ4n) is 3.23. The molecule has 0 aromatic heterocycles. The molecule has 0 aliphatic rings. The van der Waals surface area contributed by atoms with Crippen molar-refractivity contribution in [3.63, 3.8) is 0 Å². The molecule has 6 heteroatoms. The highest BCUT2D eigenvalue weighted by atomic mass is 16.6. The van der Waals surface area contributed by atoms with Crippen molar-refractivity contribution in [1.29, 1.82) is 0 Å². The molecule has 2 aromatic rings. The molecule has 2 aromatic carbocycles. The van der Waals surface area contributed by atoms with Crippen LogP contribution in [0.15, 0.2) is 24.3 Å². The van der Waals surface area contributed by atoms with Crippen molar-refractivity contribution < 1.29 is 28.4 Å². The van der Waals surface area contributed by atoms with Gasteiger partial charge in [-0.2, -0.15) is 0 Å². The van der Waals surface area contributed by atoms with Crippen LogP contribution in [0.5, 0.6) is 34.5 Å². The average molecular weight is 419 g/mol. The summed E-state index contributed by atoms with van der Waals surface area (Å²) in [6.07, 6.45) is 0. The van der Waals surface area contributed by atoms with Gasteiger partial charge in [-0.3, -0.25) is 0 Å². The molecule has 0 fully saturated rings. The highest BCUT2D eigenvalue weighted by molar-refractivity contribution is 5.89. The van der Waals surface area contributed by atoms with E-state index in [1.165, 1.54) is 0 Å². The molecule has 6 nitrogen and oxygen atoms in total. The third kappa shape index (κ3) is 5.04. The minimum Gasteiger partial charge on any atom is -0.493 e. The lowest BCUT2D eigenvalue weighted by atomic mass is 10.00. The zero-order chi connectivity index (χ0) is 21.9. The summed E-state index contributed by atoms with van der Waals surface area (Å²) in [4.78, 5) is 0. The average Bonchev–Trinajstić information content (AvgIpc) is 2.74. The Morgan fingerprint density at radius 2 is 0.833 bits per heavy atom. The van der Waals surface area contributed by atoms with Crippen molar-refractivity contribution in [2.45, 2.75) is 41.5 Å². The van der Waals surface area contributed by atoms with Gasteiger partial charge in [-0.1, -0.05) is 18.2 Å². The first kappa shape index (κ1) is 23.5. The van der Waals surface area contributed by atoms with Crippen LogP contribution in [-0.2, 0) is 0 Å². The molecule has 0 N–H and O–H groups in total. The van der Waals surface area contributed by atoms with Crippen molar-refractivity contribution in [2.24, 2.45) is 0 Å². The maximum absolute atomic E-state index is 6.12. The van der Waals surface area contributed by atoms with Gasteiger partial charge in [0, 0.05) is 5.56 Å². The summed E-state index contributed by atoms with van der Waals surface area (Å²) in [6.45, 7) is 14.4. The van der Waals surface area contributed by atoms with Gasteiger partial charge in [-0.05, 0) is 47.6 Å². The molecule has 0 heterocycles. The summed E-state index contributed by atoms with van der Waals surface area (Å²) < 4.78 is 36.2. The second kappa shape index (κ2) is 12.1. The number of ether oxygens (including phenoxy) is 6. The van der Waals surface area contributed by atoms with Crippen molar-refractivity contribution in [3.8, 4) is 45.6 Å². The first-order valence-electron chi connectivity index (χ1n) is 10.8. The van der Waals surface area contributed by atoms with Crippen LogP contribution >= 0.6 is 0 Å². The largest absolute Gasteiger partial charge is 0.493 e. The van der Waals surface area contributed by atoms with Crippen molar-refractivity contribution >= 4 is 0 Å². The Morgan fingerprint density at radius 3 is 1.27 bits per heavy atom. The molecule has 0 saturated heterocycles. The SMILES string of the molecule is CCOc1ccccc1-c1c(OCC)c(OCC)c(OCC)c(OCC)c1OCC. The second-order valence-corrected chi connectivity index (χ2v) is 6.11. The van der Waals surface area contributed by atoms with Gasteiger partial charge < -0.3 is 28.4 Å². The molecule has 0 aliphatic heterocycles. The first-order valence-corrected chi connectivity index (χ1v) is 10.8. The molecule has 30 heavy (non-hydrogen) atoms. The van der Waals surface area contributed by atoms with Crippen molar-refractivity contribution in [3.05, 3.63) is 24.3 Å². The van der Waals surface area contributed by atoms with E-state index in [1.54, 1.807) is 0 Å². The summed E-state index contributed by atoms with van der Waals surface area (Å²) in [6, 6.07) is 7.82. The predicted octanol–water partition coefficient (Wildman–Crippen LogP) is 5.75. The summed E-state index contributed by atoms with van der Waals surface area (Å²) in [5.41, 5.74) is 1.58. The molecular weight excluding hydrogens is 384 g/mol. The molecule has 0 unspecified atom stereocenters. The minimum atomic E-state index is 0.451. The van der Waals surface area contributed by atoms with Gasteiger partial charge in [0.1, 0.15) is 5.75 Å². The van der Waals surface area contributed by atoms with E-state index in [0.717, 1.165) is 16.9 Å². The fraction of sp³-hybridized carbons (Fsp3) is 0.500. The standard InChI is InChI=1S/C24H34O6/c1-7-25-18-16-14-13-15-17(18)19-20(26-8-2)22(28-10-4)24(30-12-6)23(29-11-5)21(19)27-9-3/h13-16H,7-12H2,1-6H3. The molecule has 166 valence electrons. The maximum Gasteiger partial charge on any atom is 0.211 e. The Labute approximate surface area is 180 Å². The first-order chi connectivity index (χ1) is 14.7. The van der Waals surface area contributed by atoms with Crippen molar-refractivity contribution in [2.75, 3.05) is 39.6 Å². The maximum atomic E-state index is 6.12. The molecule has 0 radical (unpaired) electrons. The summed E-state index contributed by atoms with van der Waals surface area (Å²) in [5, 5.41) is 0. The number of benzene rings is 2. The molecule has 0 bridgehead atoms. The highest BCUT2D eigenvalue weighted by Crippen LogP contribution is 2.58. The topological polar surface area (TPSA) is 55.4 Å². The Balaban J connectivity index is 2.99. The van der Waals surface area contributed by atoms with Gasteiger partial charge in [0.05, 0.1) is 45.2 Å². The van der Waals surface area contributed by atoms with Crippen molar-refractivity contribution in [1.82, 2.24) is 0 Å². The van der Waals surface area contributed by atoms with E-state index in [4.69, 9.17) is 28.4 Å². The van der Waals surface area contributed by atoms with E-state index in [2.05, 4.69) is 0 Å². The van der Waals surface area contributed by atoms with Gasteiger partial charge in [-0.25, -0.2) is 0 Å². The minimum absolute atomic E-state index is 0.451. The van der Waals surface area contributed by atoms with E-state index < -0.39 is 0 Å². The quantitative estimate of drug-likeness (QED) is 0.413. The van der Waals surface area contributed by atoms with E-state index in [1.807, 2.05) is 65.8 Å². The number of hydrogen-bond acceptors (Lipinski definition) is 6.